The lowest BCUT2D eigenvalue weighted by atomic mass is 9.96. The highest BCUT2D eigenvalue weighted by Gasteiger charge is 2.40. The second kappa shape index (κ2) is 7.76. The molecule has 4 rings (SSSR count). The Morgan fingerprint density at radius 3 is 2.40 bits per heavy atom. The molecule has 0 spiro atoms. The lowest BCUT2D eigenvalue weighted by Gasteiger charge is -2.29. The molecular weight excluding hydrogens is 408 g/mol. The molecule has 1 unspecified atom stereocenters. The SMILES string of the molecule is C=C(c1ccc(F)cc1F)C1C(=S(=O)=O)c2cc(OC)ccc2N1c1ccccc1. The summed E-state index contributed by atoms with van der Waals surface area (Å²) in [5.74, 6) is -1.04. The maximum atomic E-state index is 14.6. The third-order valence-electron chi connectivity index (χ3n) is 5.06. The minimum absolute atomic E-state index is 0.0430. The number of ether oxygens (including phenoxy) is 1. The number of fused-ring (bicyclic) bond motifs is 1. The van der Waals surface area contributed by atoms with Crippen molar-refractivity contribution in [3.05, 3.63) is 96.1 Å². The number of anilines is 2. The van der Waals surface area contributed by atoms with Crippen LogP contribution in [0.3, 0.4) is 0 Å². The van der Waals surface area contributed by atoms with Crippen molar-refractivity contribution in [1.82, 2.24) is 0 Å². The molecule has 0 saturated heterocycles. The fourth-order valence-corrected chi connectivity index (χ4v) is 4.50. The van der Waals surface area contributed by atoms with Crippen LogP contribution in [-0.2, 0) is 10.3 Å². The maximum Gasteiger partial charge on any atom is 0.220 e. The Labute approximate surface area is 174 Å². The minimum Gasteiger partial charge on any atom is -0.497 e. The maximum absolute atomic E-state index is 14.6. The first-order valence-electron chi connectivity index (χ1n) is 9.05. The summed E-state index contributed by atoms with van der Waals surface area (Å²) in [6.07, 6.45) is 0. The Balaban J connectivity index is 1.98. The number of halogens is 2. The van der Waals surface area contributed by atoms with E-state index in [2.05, 4.69) is 6.58 Å². The highest BCUT2D eigenvalue weighted by Crippen LogP contribution is 2.44. The largest absolute Gasteiger partial charge is 0.497 e. The summed E-state index contributed by atoms with van der Waals surface area (Å²) in [6, 6.07) is 16.5. The van der Waals surface area contributed by atoms with Crippen LogP contribution < -0.4 is 9.64 Å². The second-order valence-electron chi connectivity index (χ2n) is 6.74. The highest BCUT2D eigenvalue weighted by atomic mass is 32.2. The van der Waals surface area contributed by atoms with Crippen LogP contribution >= 0.6 is 0 Å². The van der Waals surface area contributed by atoms with E-state index < -0.39 is 28.0 Å². The van der Waals surface area contributed by atoms with Gasteiger partial charge in [0.15, 0.2) is 0 Å². The fraction of sp³-hybridized carbons (Fsp3) is 0.0870. The molecule has 0 saturated carbocycles. The van der Waals surface area contributed by atoms with Gasteiger partial charge in [-0.1, -0.05) is 24.8 Å². The van der Waals surface area contributed by atoms with E-state index in [-0.39, 0.29) is 16.0 Å². The number of hydrogen-bond donors (Lipinski definition) is 0. The monoisotopic (exact) mass is 425 g/mol. The van der Waals surface area contributed by atoms with E-state index in [1.165, 1.54) is 13.2 Å². The summed E-state index contributed by atoms with van der Waals surface area (Å²) in [6.45, 7) is 4.00. The Kier molecular flexibility index (Phi) is 5.13. The molecule has 0 aromatic heterocycles. The van der Waals surface area contributed by atoms with E-state index in [0.717, 1.165) is 12.1 Å². The molecule has 1 heterocycles. The van der Waals surface area contributed by atoms with Crippen LogP contribution in [0.15, 0.2) is 73.3 Å². The molecule has 152 valence electrons. The van der Waals surface area contributed by atoms with Crippen LogP contribution in [-0.4, -0.2) is 26.4 Å². The smallest absolute Gasteiger partial charge is 0.220 e. The number of methoxy groups -OCH3 is 1. The van der Waals surface area contributed by atoms with Crippen molar-refractivity contribution < 1.29 is 21.9 Å². The van der Waals surface area contributed by atoms with Crippen LogP contribution in [0, 0.1) is 11.6 Å². The molecule has 0 N–H and O–H groups in total. The number of para-hydroxylation sites is 1. The Morgan fingerprint density at radius 1 is 1.03 bits per heavy atom. The zero-order valence-electron chi connectivity index (χ0n) is 16.0. The summed E-state index contributed by atoms with van der Waals surface area (Å²) >= 11 is 0. The van der Waals surface area contributed by atoms with Gasteiger partial charge in [-0.2, -0.15) is 8.42 Å². The highest BCUT2D eigenvalue weighted by molar-refractivity contribution is 7.73. The van der Waals surface area contributed by atoms with Crippen molar-refractivity contribution in [3.8, 4) is 5.75 Å². The zero-order valence-corrected chi connectivity index (χ0v) is 16.8. The predicted molar refractivity (Wildman–Crippen MR) is 114 cm³/mol. The molecule has 0 aliphatic carbocycles. The van der Waals surface area contributed by atoms with Crippen molar-refractivity contribution in [2.45, 2.75) is 6.04 Å². The Hall–Kier alpha value is -3.45. The minimum atomic E-state index is -2.63. The van der Waals surface area contributed by atoms with E-state index in [1.807, 2.05) is 30.3 Å². The van der Waals surface area contributed by atoms with Crippen molar-refractivity contribution in [3.63, 3.8) is 0 Å². The Morgan fingerprint density at radius 2 is 1.77 bits per heavy atom. The van der Waals surface area contributed by atoms with Gasteiger partial charge in [0.05, 0.1) is 18.8 Å². The van der Waals surface area contributed by atoms with Crippen molar-refractivity contribution >= 4 is 32.1 Å². The van der Waals surface area contributed by atoms with E-state index in [9.17, 15) is 17.2 Å². The molecular formula is C23H17F2NO3S. The third-order valence-corrected chi connectivity index (χ3v) is 5.86. The summed E-state index contributed by atoms with van der Waals surface area (Å²) in [5.41, 5.74) is 2.02. The predicted octanol–water partition coefficient (Wildman–Crippen LogP) is 4.61. The van der Waals surface area contributed by atoms with Crippen molar-refractivity contribution in [2.24, 2.45) is 0 Å². The number of nitrogens with zero attached hydrogens (tertiary/aromatic N) is 1. The third kappa shape index (κ3) is 3.27. The zero-order chi connectivity index (χ0) is 21.4. The normalized spacial score (nSPS) is 15.1. The van der Waals surface area contributed by atoms with Gasteiger partial charge >= 0.3 is 0 Å². The van der Waals surface area contributed by atoms with E-state index in [0.29, 0.717) is 22.7 Å². The van der Waals surface area contributed by atoms with Gasteiger partial charge in [-0.15, -0.1) is 0 Å². The average Bonchev–Trinajstić information content (AvgIpc) is 3.08. The van der Waals surface area contributed by atoms with Gasteiger partial charge in [-0.3, -0.25) is 0 Å². The first-order valence-corrected chi connectivity index (χ1v) is 10.1. The number of benzene rings is 3. The lowest BCUT2D eigenvalue weighted by Crippen LogP contribution is -2.33. The molecule has 0 amide bonds. The van der Waals surface area contributed by atoms with Crippen molar-refractivity contribution in [2.75, 3.05) is 12.0 Å². The summed E-state index contributed by atoms with van der Waals surface area (Å²) in [5, 5.41) is 0. The summed E-state index contributed by atoms with van der Waals surface area (Å²) < 4.78 is 57.9. The first kappa shape index (κ1) is 19.8. The fourth-order valence-electron chi connectivity index (χ4n) is 3.72. The molecule has 1 aliphatic heterocycles. The topological polar surface area (TPSA) is 46.6 Å². The molecule has 3 aromatic carbocycles. The van der Waals surface area contributed by atoms with E-state index in [1.54, 1.807) is 23.1 Å². The molecule has 0 fully saturated rings. The van der Waals surface area contributed by atoms with Gasteiger partial charge < -0.3 is 9.64 Å². The molecule has 3 aromatic rings. The molecule has 1 atom stereocenters. The van der Waals surface area contributed by atoms with Crippen LogP contribution in [0.4, 0.5) is 20.2 Å². The molecule has 30 heavy (non-hydrogen) atoms. The standard InChI is InChI=1S/C23H17F2NO3S/c1-14(18-10-8-15(24)12-20(18)25)22-23(30(27)28)19-13-17(29-2)9-11-21(19)26(22)16-6-4-3-5-7-16/h3-13,22H,1H2,2H3. The molecule has 4 nitrogen and oxygen atoms in total. The molecule has 7 heteroatoms. The molecule has 0 bridgehead atoms. The summed E-state index contributed by atoms with van der Waals surface area (Å²) in [7, 11) is -1.14. The quantitative estimate of drug-likeness (QED) is 0.573. The average molecular weight is 425 g/mol. The first-order chi connectivity index (χ1) is 14.4. The summed E-state index contributed by atoms with van der Waals surface area (Å²) in [4.78, 5) is 1.83. The Bertz CT molecular complexity index is 1280. The second-order valence-corrected chi connectivity index (χ2v) is 7.65. The van der Waals surface area contributed by atoms with Crippen LogP contribution in [0.5, 0.6) is 5.75 Å². The van der Waals surface area contributed by atoms with Crippen LogP contribution in [0.2, 0.25) is 0 Å². The van der Waals surface area contributed by atoms with Gasteiger partial charge in [0.25, 0.3) is 0 Å². The lowest BCUT2D eigenvalue weighted by molar-refractivity contribution is 0.415. The van der Waals surface area contributed by atoms with E-state index in [4.69, 9.17) is 4.74 Å². The van der Waals surface area contributed by atoms with Gasteiger partial charge in [0, 0.05) is 22.9 Å². The van der Waals surface area contributed by atoms with Gasteiger partial charge in [0.2, 0.25) is 10.3 Å². The number of rotatable bonds is 4. The van der Waals surface area contributed by atoms with Crippen molar-refractivity contribution in [1.29, 1.82) is 0 Å². The van der Waals surface area contributed by atoms with Crippen LogP contribution in [0.25, 0.3) is 5.57 Å². The molecule has 1 aliphatic rings. The van der Waals surface area contributed by atoms with Gasteiger partial charge in [-0.25, -0.2) is 8.78 Å². The van der Waals surface area contributed by atoms with Crippen LogP contribution in [0.1, 0.15) is 11.1 Å². The molecule has 0 radical (unpaired) electrons. The van der Waals surface area contributed by atoms with Gasteiger partial charge in [0.1, 0.15) is 22.2 Å². The van der Waals surface area contributed by atoms with E-state index >= 15 is 0 Å². The van der Waals surface area contributed by atoms with Gasteiger partial charge in [-0.05, 0) is 48.0 Å². The number of hydrogen-bond acceptors (Lipinski definition) is 4.